The zero-order valence-corrected chi connectivity index (χ0v) is 23.9. The van der Waals surface area contributed by atoms with Crippen LogP contribution in [-0.2, 0) is 15.0 Å². The highest BCUT2D eigenvalue weighted by atomic mass is 16.6. The summed E-state index contributed by atoms with van der Waals surface area (Å²) in [6, 6.07) is 12.9. The van der Waals surface area contributed by atoms with Crippen LogP contribution >= 0.6 is 0 Å². The fraction of sp³-hybridized carbons (Fsp3) is 0.333. The van der Waals surface area contributed by atoms with Crippen molar-refractivity contribution in [2.45, 2.75) is 32.3 Å². The molecule has 1 heterocycles. The molecular weight excluding hydrogens is 546 g/mol. The molecular formula is C30H35N3O9. The van der Waals surface area contributed by atoms with Crippen molar-refractivity contribution < 1.29 is 39.3 Å². The molecule has 2 aromatic carbocycles. The highest BCUT2D eigenvalue weighted by Crippen LogP contribution is 2.50. The van der Waals surface area contributed by atoms with Crippen LogP contribution in [0, 0.1) is 10.1 Å². The molecule has 1 aliphatic heterocycles. The minimum absolute atomic E-state index is 0.0122. The molecule has 0 aromatic heterocycles. The third kappa shape index (κ3) is 6.96. The van der Waals surface area contributed by atoms with Gasteiger partial charge in [-0.05, 0) is 39.0 Å². The van der Waals surface area contributed by atoms with Crippen molar-refractivity contribution in [2.75, 3.05) is 33.4 Å². The van der Waals surface area contributed by atoms with Gasteiger partial charge < -0.3 is 35.0 Å². The fourth-order valence-corrected chi connectivity index (χ4v) is 4.98. The van der Waals surface area contributed by atoms with E-state index in [-0.39, 0.29) is 47.9 Å². The van der Waals surface area contributed by atoms with E-state index in [1.165, 1.54) is 24.0 Å². The molecule has 4 N–H and O–H groups in total. The predicted molar refractivity (Wildman–Crippen MR) is 154 cm³/mol. The number of rotatable bonds is 14. The first-order valence-electron chi connectivity index (χ1n) is 13.2. The zero-order chi connectivity index (χ0) is 31.0. The Morgan fingerprint density at radius 1 is 1.05 bits per heavy atom. The first kappa shape index (κ1) is 31.8. The Labute approximate surface area is 243 Å². The first-order chi connectivity index (χ1) is 19.9. The van der Waals surface area contributed by atoms with Crippen molar-refractivity contribution in [2.24, 2.45) is 0 Å². The maximum Gasteiger partial charge on any atom is 0.334 e. The lowest BCUT2D eigenvalue weighted by Gasteiger charge is -2.41. The number of hydrogen-bond acceptors (Lipinski definition) is 9. The third-order valence-electron chi connectivity index (χ3n) is 7.20. The number of non-ortho nitro benzene ring substituents is 1. The predicted octanol–water partition coefficient (Wildman–Crippen LogP) is 3.48. The summed E-state index contributed by atoms with van der Waals surface area (Å²) in [6.07, 6.45) is 2.71. The van der Waals surface area contributed by atoms with E-state index in [0.29, 0.717) is 23.7 Å². The second-order valence-electron chi connectivity index (χ2n) is 9.87. The Balaban J connectivity index is 1.77. The molecule has 42 heavy (non-hydrogen) atoms. The second kappa shape index (κ2) is 13.8. The number of nitrogens with zero attached hydrogens (tertiary/aromatic N) is 2. The van der Waals surface area contributed by atoms with E-state index in [1.807, 2.05) is 18.2 Å². The summed E-state index contributed by atoms with van der Waals surface area (Å²) >= 11 is 0. The van der Waals surface area contributed by atoms with Crippen LogP contribution in [0.1, 0.15) is 26.3 Å². The Bertz CT molecular complexity index is 1380. The molecule has 1 atom stereocenters. The van der Waals surface area contributed by atoms with Gasteiger partial charge in [-0.25, -0.2) is 9.59 Å². The maximum absolute atomic E-state index is 12.5. The lowest BCUT2D eigenvalue weighted by Crippen LogP contribution is -2.43. The lowest BCUT2D eigenvalue weighted by molar-refractivity contribution is -0.385. The summed E-state index contributed by atoms with van der Waals surface area (Å²) in [7, 11) is 1.56. The van der Waals surface area contributed by atoms with E-state index in [9.17, 15) is 35.0 Å². The number of carboxylic acids is 2. The number of allylic oxidation sites excluding steroid dienone is 2. The van der Waals surface area contributed by atoms with Gasteiger partial charge >= 0.3 is 11.9 Å². The van der Waals surface area contributed by atoms with Gasteiger partial charge in [-0.2, -0.15) is 0 Å². The van der Waals surface area contributed by atoms with Crippen molar-refractivity contribution in [1.82, 2.24) is 10.2 Å². The number of carbonyl (C=O) groups is 2. The molecule has 12 heteroatoms. The smallest absolute Gasteiger partial charge is 0.334 e. The van der Waals surface area contributed by atoms with Gasteiger partial charge in [-0.15, -0.1) is 0 Å². The molecule has 0 spiro atoms. The van der Waals surface area contributed by atoms with Crippen LogP contribution in [0.25, 0.3) is 0 Å². The van der Waals surface area contributed by atoms with Crippen molar-refractivity contribution in [1.29, 1.82) is 0 Å². The number of aliphatic carboxylic acids is 2. The maximum atomic E-state index is 12.5. The number of aliphatic hydroxyl groups is 1. The van der Waals surface area contributed by atoms with Crippen LogP contribution < -0.4 is 14.8 Å². The number of nitro groups is 1. The van der Waals surface area contributed by atoms with Crippen LogP contribution in [0.2, 0.25) is 0 Å². The highest BCUT2D eigenvalue weighted by molar-refractivity contribution is 6.00. The van der Waals surface area contributed by atoms with Gasteiger partial charge in [0.15, 0.2) is 0 Å². The van der Waals surface area contributed by atoms with E-state index in [4.69, 9.17) is 9.47 Å². The van der Waals surface area contributed by atoms with Gasteiger partial charge in [-0.3, -0.25) is 10.1 Å². The molecule has 1 unspecified atom stereocenters. The molecule has 3 rings (SSSR count). The number of aliphatic hydroxyl groups excluding tert-OH is 1. The monoisotopic (exact) mass is 581 g/mol. The first-order valence-corrected chi connectivity index (χ1v) is 13.2. The molecule has 224 valence electrons. The zero-order valence-electron chi connectivity index (χ0n) is 23.9. The topological polar surface area (TPSA) is 172 Å². The number of benzene rings is 2. The van der Waals surface area contributed by atoms with E-state index < -0.39 is 28.4 Å². The van der Waals surface area contributed by atoms with Gasteiger partial charge in [0.2, 0.25) is 0 Å². The van der Waals surface area contributed by atoms with Gasteiger partial charge in [0, 0.05) is 49.2 Å². The molecule has 0 saturated carbocycles. The summed E-state index contributed by atoms with van der Waals surface area (Å²) in [5, 5.41) is 45.2. The number of hydrogen-bond donors (Lipinski definition) is 4. The van der Waals surface area contributed by atoms with Gasteiger partial charge in [-0.1, -0.05) is 30.4 Å². The Morgan fingerprint density at radius 2 is 1.67 bits per heavy atom. The van der Waals surface area contributed by atoms with Gasteiger partial charge in [0.25, 0.3) is 5.69 Å². The van der Waals surface area contributed by atoms with Crippen LogP contribution in [0.5, 0.6) is 11.5 Å². The molecule has 0 saturated heterocycles. The summed E-state index contributed by atoms with van der Waals surface area (Å²) in [5.41, 5.74) is -1.92. The third-order valence-corrected chi connectivity index (χ3v) is 7.20. The minimum atomic E-state index is -1.77. The lowest BCUT2D eigenvalue weighted by atomic mass is 9.66. The van der Waals surface area contributed by atoms with Crippen molar-refractivity contribution in [3.8, 4) is 11.5 Å². The van der Waals surface area contributed by atoms with E-state index >= 15 is 0 Å². The molecule has 0 radical (unpaired) electrons. The average Bonchev–Trinajstić information content (AvgIpc) is 2.94. The van der Waals surface area contributed by atoms with Crippen molar-refractivity contribution >= 4 is 17.6 Å². The van der Waals surface area contributed by atoms with Crippen molar-refractivity contribution in [3.05, 3.63) is 98.9 Å². The van der Waals surface area contributed by atoms with Crippen LogP contribution in [-0.4, -0.2) is 76.5 Å². The fourth-order valence-electron chi connectivity index (χ4n) is 4.98. The number of para-hydroxylation sites is 1. The Morgan fingerprint density at radius 3 is 2.24 bits per heavy atom. The summed E-state index contributed by atoms with van der Waals surface area (Å²) in [6.45, 7) is 5.37. The summed E-state index contributed by atoms with van der Waals surface area (Å²) in [5.74, 6) is -1.94. The van der Waals surface area contributed by atoms with E-state index in [2.05, 4.69) is 5.32 Å². The molecule has 2 aromatic rings. The SMILES string of the molecule is CC1=C(C(=O)O)C(C)(c2cc([N+](=O)[O-])ccc2OC/C=C/CNCC(O)COc2ccccc2)C(C(=O)O)=C(C)N1C. The van der Waals surface area contributed by atoms with Crippen LogP contribution in [0.4, 0.5) is 5.69 Å². The highest BCUT2D eigenvalue weighted by Gasteiger charge is 2.50. The van der Waals surface area contributed by atoms with Crippen LogP contribution in [0.15, 0.2) is 83.2 Å². The minimum Gasteiger partial charge on any atom is -0.491 e. The van der Waals surface area contributed by atoms with Gasteiger partial charge in [0.05, 0.1) is 21.5 Å². The molecule has 12 nitrogen and oxygen atoms in total. The van der Waals surface area contributed by atoms with Gasteiger partial charge in [0.1, 0.15) is 30.8 Å². The normalized spacial score (nSPS) is 15.6. The average molecular weight is 582 g/mol. The molecule has 0 bridgehead atoms. The largest absolute Gasteiger partial charge is 0.491 e. The standard InChI is InChI=1S/C30H35N3O9/c1-19-26(28(35)36)30(3,27(29(37)38)20(2)32(19)4)24-16-21(33(39)40)12-13-25(24)41-15-9-8-14-31-17-22(34)18-42-23-10-6-5-7-11-23/h5-13,16,22,31,34H,14-15,17-18H2,1-4H3,(H,35,36)(H,37,38)/b9-8+. The number of nitrogens with one attached hydrogen (secondary N) is 1. The van der Waals surface area contributed by atoms with E-state index in [1.54, 1.807) is 45.2 Å². The number of carboxylic acid groups (broad SMARTS) is 2. The molecule has 0 amide bonds. The van der Waals surface area contributed by atoms with E-state index in [0.717, 1.165) is 6.07 Å². The molecule has 1 aliphatic rings. The van der Waals surface area contributed by atoms with Crippen molar-refractivity contribution in [3.63, 3.8) is 0 Å². The Hall–Kier alpha value is -4.68. The number of nitro benzene ring substituents is 1. The molecule has 0 aliphatic carbocycles. The van der Waals surface area contributed by atoms with Crippen LogP contribution in [0.3, 0.4) is 0 Å². The molecule has 0 fully saturated rings. The second-order valence-corrected chi connectivity index (χ2v) is 9.87. The number of ether oxygens (including phenoxy) is 2. The summed E-state index contributed by atoms with van der Waals surface area (Å²) in [4.78, 5) is 37.5. The summed E-state index contributed by atoms with van der Waals surface area (Å²) < 4.78 is 11.4. The Kier molecular flexibility index (Phi) is 10.5. The quantitative estimate of drug-likeness (QED) is 0.111.